The standard InChI is InChI=1S/C22H25N3O4S/c1-5-16-24-21-18(22(29)25(16)10-6-7-17(26)27)14(4)19(30-21)20(28)23-15-9-8-12(2)11-13(15)3/h8-9,11H,5-7,10H2,1-4H3,(H,23,28)(H,26,27). The third-order valence-electron chi connectivity index (χ3n) is 5.05. The molecule has 0 atom stereocenters. The molecule has 0 saturated heterocycles. The molecule has 8 heteroatoms. The SMILES string of the molecule is CCc1nc2sc(C(=O)Nc3ccc(C)cc3C)c(C)c2c(=O)n1CCCC(=O)O. The van der Waals surface area contributed by atoms with Crippen molar-refractivity contribution >= 4 is 39.1 Å². The van der Waals surface area contributed by atoms with Crippen molar-refractivity contribution in [1.82, 2.24) is 9.55 Å². The van der Waals surface area contributed by atoms with Crippen LogP contribution in [0.4, 0.5) is 5.69 Å². The Hall–Kier alpha value is -3.00. The van der Waals surface area contributed by atoms with E-state index < -0.39 is 5.97 Å². The number of carboxylic acid groups (broad SMARTS) is 1. The lowest BCUT2D eigenvalue weighted by molar-refractivity contribution is -0.137. The van der Waals surface area contributed by atoms with Crippen LogP contribution in [0.5, 0.6) is 0 Å². The Labute approximate surface area is 178 Å². The zero-order valence-corrected chi connectivity index (χ0v) is 18.4. The minimum Gasteiger partial charge on any atom is -0.481 e. The van der Waals surface area contributed by atoms with Gasteiger partial charge in [0, 0.05) is 25.1 Å². The van der Waals surface area contributed by atoms with Gasteiger partial charge in [0.05, 0.1) is 10.3 Å². The van der Waals surface area contributed by atoms with Gasteiger partial charge in [-0.3, -0.25) is 19.0 Å². The van der Waals surface area contributed by atoms with Crippen LogP contribution in [0.2, 0.25) is 0 Å². The highest BCUT2D eigenvalue weighted by atomic mass is 32.1. The maximum Gasteiger partial charge on any atom is 0.303 e. The quantitative estimate of drug-likeness (QED) is 0.592. The number of amides is 1. The predicted octanol–water partition coefficient (Wildman–Crippen LogP) is 4.06. The second-order valence-electron chi connectivity index (χ2n) is 7.34. The van der Waals surface area contributed by atoms with Crippen LogP contribution in [0.25, 0.3) is 10.2 Å². The highest BCUT2D eigenvalue weighted by Gasteiger charge is 2.21. The number of carbonyl (C=O) groups is 2. The van der Waals surface area contributed by atoms with Gasteiger partial charge in [0.15, 0.2) is 0 Å². The van der Waals surface area contributed by atoms with Crippen molar-refractivity contribution in [3.05, 3.63) is 55.9 Å². The molecule has 0 unspecified atom stereocenters. The summed E-state index contributed by atoms with van der Waals surface area (Å²) in [7, 11) is 0. The van der Waals surface area contributed by atoms with Gasteiger partial charge in [0.25, 0.3) is 11.5 Å². The number of fused-ring (bicyclic) bond motifs is 1. The van der Waals surface area contributed by atoms with Crippen molar-refractivity contribution in [2.75, 3.05) is 5.32 Å². The Bertz CT molecular complexity index is 1190. The maximum absolute atomic E-state index is 13.1. The molecular weight excluding hydrogens is 402 g/mol. The zero-order valence-electron chi connectivity index (χ0n) is 17.5. The van der Waals surface area contributed by atoms with Crippen LogP contribution >= 0.6 is 11.3 Å². The highest BCUT2D eigenvalue weighted by Crippen LogP contribution is 2.29. The van der Waals surface area contributed by atoms with Crippen LogP contribution in [0.1, 0.15) is 52.0 Å². The van der Waals surface area contributed by atoms with Gasteiger partial charge in [0.1, 0.15) is 10.7 Å². The van der Waals surface area contributed by atoms with Gasteiger partial charge in [-0.15, -0.1) is 11.3 Å². The summed E-state index contributed by atoms with van der Waals surface area (Å²) in [4.78, 5) is 42.5. The van der Waals surface area contributed by atoms with E-state index in [0.29, 0.717) is 39.3 Å². The monoisotopic (exact) mass is 427 g/mol. The maximum atomic E-state index is 13.1. The number of aromatic nitrogens is 2. The molecule has 0 spiro atoms. The van der Waals surface area contributed by atoms with Crippen molar-refractivity contribution in [3.63, 3.8) is 0 Å². The summed E-state index contributed by atoms with van der Waals surface area (Å²) < 4.78 is 1.54. The molecule has 7 nitrogen and oxygen atoms in total. The number of nitrogens with one attached hydrogen (secondary N) is 1. The second-order valence-corrected chi connectivity index (χ2v) is 8.34. The normalized spacial score (nSPS) is 11.1. The molecule has 0 bridgehead atoms. The summed E-state index contributed by atoms with van der Waals surface area (Å²) in [5, 5.41) is 12.2. The van der Waals surface area contributed by atoms with Crippen LogP contribution in [0, 0.1) is 20.8 Å². The summed E-state index contributed by atoms with van der Waals surface area (Å²) in [6.45, 7) is 7.87. The molecule has 0 aliphatic carbocycles. The van der Waals surface area contributed by atoms with E-state index in [1.165, 1.54) is 15.9 Å². The summed E-state index contributed by atoms with van der Waals surface area (Å²) >= 11 is 1.21. The van der Waals surface area contributed by atoms with E-state index in [4.69, 9.17) is 5.11 Å². The van der Waals surface area contributed by atoms with Crippen LogP contribution in [0.15, 0.2) is 23.0 Å². The Morgan fingerprint density at radius 2 is 1.97 bits per heavy atom. The van der Waals surface area contributed by atoms with E-state index in [9.17, 15) is 14.4 Å². The van der Waals surface area contributed by atoms with Gasteiger partial charge in [-0.1, -0.05) is 24.6 Å². The van der Waals surface area contributed by atoms with Crippen LogP contribution < -0.4 is 10.9 Å². The number of thiophene rings is 1. The predicted molar refractivity (Wildman–Crippen MR) is 119 cm³/mol. The van der Waals surface area contributed by atoms with E-state index in [-0.39, 0.29) is 24.4 Å². The van der Waals surface area contributed by atoms with E-state index in [0.717, 1.165) is 16.8 Å². The van der Waals surface area contributed by atoms with Gasteiger partial charge in [-0.2, -0.15) is 0 Å². The lowest BCUT2D eigenvalue weighted by Gasteiger charge is -2.10. The number of hydrogen-bond acceptors (Lipinski definition) is 5. The lowest BCUT2D eigenvalue weighted by Crippen LogP contribution is -2.25. The first-order chi connectivity index (χ1) is 14.2. The average molecular weight is 428 g/mol. The van der Waals surface area contributed by atoms with Crippen LogP contribution in [-0.2, 0) is 17.8 Å². The van der Waals surface area contributed by atoms with Crippen molar-refractivity contribution in [3.8, 4) is 0 Å². The fourth-order valence-electron chi connectivity index (χ4n) is 3.50. The molecule has 3 aromatic rings. The van der Waals surface area contributed by atoms with E-state index in [1.807, 2.05) is 39.0 Å². The van der Waals surface area contributed by atoms with Gasteiger partial charge >= 0.3 is 5.97 Å². The number of hydrogen-bond donors (Lipinski definition) is 2. The average Bonchev–Trinajstić information content (AvgIpc) is 3.02. The van der Waals surface area contributed by atoms with Crippen molar-refractivity contribution in [2.45, 2.75) is 53.5 Å². The highest BCUT2D eigenvalue weighted by molar-refractivity contribution is 7.20. The minimum atomic E-state index is -0.896. The van der Waals surface area contributed by atoms with E-state index in [2.05, 4.69) is 10.3 Å². The number of nitrogens with zero attached hydrogens (tertiary/aromatic N) is 2. The van der Waals surface area contributed by atoms with E-state index >= 15 is 0 Å². The third-order valence-corrected chi connectivity index (χ3v) is 6.24. The van der Waals surface area contributed by atoms with Crippen molar-refractivity contribution in [2.24, 2.45) is 0 Å². The molecule has 0 aliphatic heterocycles. The Morgan fingerprint density at radius 1 is 1.23 bits per heavy atom. The molecule has 158 valence electrons. The number of rotatable bonds is 7. The Morgan fingerprint density at radius 3 is 2.60 bits per heavy atom. The van der Waals surface area contributed by atoms with Crippen molar-refractivity contribution in [1.29, 1.82) is 0 Å². The first-order valence-electron chi connectivity index (χ1n) is 9.86. The fourth-order valence-corrected chi connectivity index (χ4v) is 4.58. The molecule has 2 N–H and O–H groups in total. The van der Waals surface area contributed by atoms with Crippen LogP contribution in [0.3, 0.4) is 0 Å². The molecule has 2 heterocycles. The van der Waals surface area contributed by atoms with Gasteiger partial charge < -0.3 is 10.4 Å². The molecule has 0 saturated carbocycles. The zero-order chi connectivity index (χ0) is 22.0. The second kappa shape index (κ2) is 8.79. The van der Waals surface area contributed by atoms with Crippen molar-refractivity contribution < 1.29 is 14.7 Å². The molecule has 2 aromatic heterocycles. The minimum absolute atomic E-state index is 0.0141. The molecule has 3 rings (SSSR count). The molecule has 0 radical (unpaired) electrons. The molecule has 30 heavy (non-hydrogen) atoms. The van der Waals surface area contributed by atoms with Gasteiger partial charge in [-0.25, -0.2) is 4.98 Å². The lowest BCUT2D eigenvalue weighted by atomic mass is 10.1. The third kappa shape index (κ3) is 4.28. The topological polar surface area (TPSA) is 101 Å². The summed E-state index contributed by atoms with van der Waals surface area (Å²) in [5.41, 5.74) is 3.19. The number of anilines is 1. The summed E-state index contributed by atoms with van der Waals surface area (Å²) in [6, 6.07) is 5.80. The van der Waals surface area contributed by atoms with Crippen LogP contribution in [-0.4, -0.2) is 26.5 Å². The molecule has 1 amide bonds. The number of carbonyl (C=O) groups excluding carboxylic acids is 1. The smallest absolute Gasteiger partial charge is 0.303 e. The fraction of sp³-hybridized carbons (Fsp3) is 0.364. The number of carboxylic acids is 1. The number of benzene rings is 1. The molecule has 0 fully saturated rings. The molecule has 0 aliphatic rings. The first kappa shape index (κ1) is 21.7. The first-order valence-corrected chi connectivity index (χ1v) is 10.7. The Kier molecular flexibility index (Phi) is 6.36. The Balaban J connectivity index is 2.00. The molecular formula is C22H25N3O4S. The summed E-state index contributed by atoms with van der Waals surface area (Å²) in [5.74, 6) is -0.565. The number of aryl methyl sites for hydroxylation is 4. The largest absolute Gasteiger partial charge is 0.481 e. The van der Waals surface area contributed by atoms with Gasteiger partial charge in [-0.05, 0) is 44.4 Å². The van der Waals surface area contributed by atoms with E-state index in [1.54, 1.807) is 6.92 Å². The summed E-state index contributed by atoms with van der Waals surface area (Å²) in [6.07, 6.45) is 0.873. The number of aliphatic carboxylic acids is 1. The van der Waals surface area contributed by atoms with Gasteiger partial charge in [0.2, 0.25) is 0 Å². The molecule has 1 aromatic carbocycles.